The van der Waals surface area contributed by atoms with Crippen LogP contribution in [0.2, 0.25) is 0 Å². The van der Waals surface area contributed by atoms with Gasteiger partial charge in [0.05, 0.1) is 25.9 Å². The highest BCUT2D eigenvalue weighted by molar-refractivity contribution is 4.95. The van der Waals surface area contributed by atoms with Crippen molar-refractivity contribution in [1.29, 1.82) is 0 Å². The molecule has 0 radical (unpaired) electrons. The first-order valence-corrected chi connectivity index (χ1v) is 6.77. The second-order valence-corrected chi connectivity index (χ2v) is 5.46. The first-order valence-electron chi connectivity index (χ1n) is 6.77. The molecule has 0 bridgehead atoms. The van der Waals surface area contributed by atoms with Crippen LogP contribution in [0.4, 0.5) is 0 Å². The van der Waals surface area contributed by atoms with Crippen LogP contribution in [-0.4, -0.2) is 93.1 Å². The molecule has 6 N–H and O–H groups in total. The van der Waals surface area contributed by atoms with Crippen LogP contribution >= 0.6 is 0 Å². The quantitative estimate of drug-likeness (QED) is 0.311. The van der Waals surface area contributed by atoms with Crippen molar-refractivity contribution >= 4 is 0 Å². The molecule has 124 valence electrons. The summed E-state index contributed by atoms with van der Waals surface area (Å²) in [6, 6.07) is 0. The highest BCUT2D eigenvalue weighted by Crippen LogP contribution is 2.39. The lowest BCUT2D eigenvalue weighted by Crippen LogP contribution is -2.58. The van der Waals surface area contributed by atoms with Crippen LogP contribution in [0, 0.1) is 5.92 Å². The third-order valence-electron chi connectivity index (χ3n) is 4.11. The van der Waals surface area contributed by atoms with Crippen LogP contribution in [0.25, 0.3) is 0 Å². The fraction of sp³-hybridized carbons (Fsp3) is 1.00. The lowest BCUT2D eigenvalue weighted by atomic mass is 9.95. The van der Waals surface area contributed by atoms with Crippen molar-refractivity contribution in [3.05, 3.63) is 0 Å². The fourth-order valence-corrected chi connectivity index (χ4v) is 2.59. The normalized spacial score (nSPS) is 51.3. The fourth-order valence-electron chi connectivity index (χ4n) is 2.59. The average Bonchev–Trinajstić information content (AvgIpc) is 2.73. The van der Waals surface area contributed by atoms with E-state index in [-0.39, 0.29) is 6.61 Å². The van der Waals surface area contributed by atoms with Crippen molar-refractivity contribution in [3.8, 4) is 0 Å². The van der Waals surface area contributed by atoms with E-state index in [0.29, 0.717) is 0 Å². The zero-order chi connectivity index (χ0) is 15.8. The van der Waals surface area contributed by atoms with E-state index in [9.17, 15) is 25.5 Å². The van der Waals surface area contributed by atoms with Gasteiger partial charge in [-0.3, -0.25) is 0 Å². The summed E-state index contributed by atoms with van der Waals surface area (Å²) >= 11 is 0. The van der Waals surface area contributed by atoms with E-state index >= 15 is 0 Å². The van der Waals surface area contributed by atoms with Gasteiger partial charge >= 0.3 is 0 Å². The highest BCUT2D eigenvalue weighted by atomic mass is 16.8. The molecule has 0 aromatic rings. The minimum atomic E-state index is -1.68. The lowest BCUT2D eigenvalue weighted by molar-refractivity contribution is -0.365. The van der Waals surface area contributed by atoms with Crippen LogP contribution < -0.4 is 0 Å². The van der Waals surface area contributed by atoms with E-state index in [1.807, 2.05) is 0 Å². The third kappa shape index (κ3) is 2.93. The van der Waals surface area contributed by atoms with Crippen molar-refractivity contribution in [2.45, 2.75) is 49.5 Å². The molecule has 0 amide bonds. The molecule has 21 heavy (non-hydrogen) atoms. The molecule has 0 aromatic carbocycles. The maximum atomic E-state index is 9.94. The number of hydrogen-bond donors (Lipinski definition) is 6. The molecule has 4 unspecified atom stereocenters. The van der Waals surface area contributed by atoms with E-state index in [1.54, 1.807) is 6.92 Å². The number of ether oxygens (including phenoxy) is 3. The summed E-state index contributed by atoms with van der Waals surface area (Å²) in [5.41, 5.74) is 0. The molecule has 0 aliphatic carbocycles. The van der Waals surface area contributed by atoms with Crippen molar-refractivity contribution in [3.63, 3.8) is 0 Å². The van der Waals surface area contributed by atoms with Gasteiger partial charge in [0.25, 0.3) is 0 Å². The molecule has 9 heteroatoms. The van der Waals surface area contributed by atoms with E-state index in [1.165, 1.54) is 0 Å². The number of rotatable bonds is 4. The number of aliphatic hydroxyl groups excluding tert-OH is 6. The molecule has 9 nitrogen and oxygen atoms in total. The Morgan fingerprint density at radius 1 is 1.10 bits per heavy atom. The predicted molar refractivity (Wildman–Crippen MR) is 65.8 cm³/mol. The zero-order valence-corrected chi connectivity index (χ0v) is 11.6. The van der Waals surface area contributed by atoms with Crippen LogP contribution in [0.15, 0.2) is 0 Å². The van der Waals surface area contributed by atoms with Gasteiger partial charge < -0.3 is 44.8 Å². The van der Waals surface area contributed by atoms with Crippen LogP contribution in [0.1, 0.15) is 6.92 Å². The third-order valence-corrected chi connectivity index (χ3v) is 4.11. The van der Waals surface area contributed by atoms with Crippen molar-refractivity contribution < 1.29 is 44.8 Å². The molecule has 0 saturated carbocycles. The highest BCUT2D eigenvalue weighted by Gasteiger charge is 2.55. The Balaban J connectivity index is 2.12. The Labute approximate surface area is 121 Å². The Hall–Kier alpha value is -0.360. The topological polar surface area (TPSA) is 149 Å². The molecule has 8 atom stereocenters. The van der Waals surface area contributed by atoms with Crippen molar-refractivity contribution in [2.24, 2.45) is 5.92 Å². The number of hydrogen-bond acceptors (Lipinski definition) is 9. The molecule has 2 fully saturated rings. The van der Waals surface area contributed by atoms with Gasteiger partial charge in [-0.05, 0) is 0 Å². The van der Waals surface area contributed by atoms with Crippen molar-refractivity contribution in [1.82, 2.24) is 0 Å². The Morgan fingerprint density at radius 2 is 1.76 bits per heavy atom. The summed E-state index contributed by atoms with van der Waals surface area (Å²) < 4.78 is 15.9. The molecule has 2 rings (SSSR count). The maximum absolute atomic E-state index is 9.94. The molecule has 2 aliphatic heterocycles. The standard InChI is InChI=1S/C12H22O9/c1-5-8(16)7(2-13)20-12(5,4-14)21-11-10(18)9(17)6(15)3-19-11/h5-11,13-18H,2-4H2,1H3/t5?,6-,7+,8?,9?,10?,11-,12+/m1/s1. The van der Waals surface area contributed by atoms with Crippen LogP contribution in [-0.2, 0) is 14.2 Å². The van der Waals surface area contributed by atoms with Gasteiger partial charge in [-0.2, -0.15) is 0 Å². The van der Waals surface area contributed by atoms with Crippen LogP contribution in [0.3, 0.4) is 0 Å². The summed E-state index contributed by atoms with van der Waals surface area (Å²) in [7, 11) is 0. The SMILES string of the molecule is CC1C(O)[C@H](CO)O[C@@]1(CO)O[C@H]1OC[C@@H](O)C(O)C1O. The van der Waals surface area contributed by atoms with Gasteiger partial charge in [0, 0.05) is 5.92 Å². The summed E-state index contributed by atoms with van der Waals surface area (Å²) in [6.07, 6.45) is -7.61. The van der Waals surface area contributed by atoms with E-state index in [4.69, 9.17) is 19.3 Å². The number of aliphatic hydroxyl groups is 6. The lowest BCUT2D eigenvalue weighted by Gasteiger charge is -2.40. The largest absolute Gasteiger partial charge is 0.394 e. The van der Waals surface area contributed by atoms with Gasteiger partial charge in [-0.1, -0.05) is 6.92 Å². The molecule has 0 aromatic heterocycles. The molecule has 0 spiro atoms. The smallest absolute Gasteiger partial charge is 0.200 e. The van der Waals surface area contributed by atoms with Gasteiger partial charge in [0.15, 0.2) is 12.1 Å². The molecular formula is C12H22O9. The first-order chi connectivity index (χ1) is 9.86. The van der Waals surface area contributed by atoms with Gasteiger partial charge in [0.1, 0.15) is 24.4 Å². The van der Waals surface area contributed by atoms with E-state index in [0.717, 1.165) is 0 Å². The van der Waals surface area contributed by atoms with Crippen LogP contribution in [0.5, 0.6) is 0 Å². The predicted octanol–water partition coefficient (Wildman–Crippen LogP) is -3.48. The molecular weight excluding hydrogens is 288 g/mol. The summed E-state index contributed by atoms with van der Waals surface area (Å²) in [4.78, 5) is 0. The maximum Gasteiger partial charge on any atom is 0.200 e. The second-order valence-electron chi connectivity index (χ2n) is 5.46. The van der Waals surface area contributed by atoms with Crippen molar-refractivity contribution in [2.75, 3.05) is 19.8 Å². The van der Waals surface area contributed by atoms with E-state index in [2.05, 4.69) is 0 Å². The summed E-state index contributed by atoms with van der Waals surface area (Å²) in [5.74, 6) is -2.39. The minimum absolute atomic E-state index is 0.259. The Morgan fingerprint density at radius 3 is 2.29 bits per heavy atom. The zero-order valence-electron chi connectivity index (χ0n) is 11.6. The molecule has 2 aliphatic rings. The second kappa shape index (κ2) is 6.41. The summed E-state index contributed by atoms with van der Waals surface area (Å²) in [6.45, 7) is 0.181. The average molecular weight is 310 g/mol. The monoisotopic (exact) mass is 310 g/mol. The van der Waals surface area contributed by atoms with Gasteiger partial charge in [0.2, 0.25) is 0 Å². The Bertz CT molecular complexity index is 354. The Kier molecular flexibility index (Phi) is 5.19. The van der Waals surface area contributed by atoms with Gasteiger partial charge in [-0.15, -0.1) is 0 Å². The molecule has 2 saturated heterocycles. The minimum Gasteiger partial charge on any atom is -0.394 e. The molecule has 2 heterocycles. The van der Waals surface area contributed by atoms with Gasteiger partial charge in [-0.25, -0.2) is 0 Å². The summed E-state index contributed by atoms with van der Waals surface area (Å²) in [5, 5.41) is 57.5. The first kappa shape index (κ1) is 17.0. The van der Waals surface area contributed by atoms with E-state index < -0.39 is 61.7 Å².